The van der Waals surface area contributed by atoms with Gasteiger partial charge in [0, 0.05) is 18.6 Å². The van der Waals surface area contributed by atoms with Crippen molar-refractivity contribution in [2.75, 3.05) is 0 Å². The van der Waals surface area contributed by atoms with E-state index in [0.29, 0.717) is 0 Å². The van der Waals surface area contributed by atoms with Crippen LogP contribution in [0.4, 0.5) is 0 Å². The van der Waals surface area contributed by atoms with Crippen LogP contribution in [0, 0.1) is 0 Å². The van der Waals surface area contributed by atoms with Gasteiger partial charge in [-0.2, -0.15) is 0 Å². The molecular weight excluding hydrogens is 146 g/mol. The van der Waals surface area contributed by atoms with Crippen molar-refractivity contribution in [3.63, 3.8) is 0 Å². The van der Waals surface area contributed by atoms with Crippen LogP contribution in [0.1, 0.15) is 31.9 Å². The van der Waals surface area contributed by atoms with E-state index < -0.39 is 0 Å². The molecule has 1 aromatic heterocycles. The Morgan fingerprint density at radius 2 is 2.08 bits per heavy atom. The zero-order valence-electron chi connectivity index (χ0n) is 8.09. The van der Waals surface area contributed by atoms with Gasteiger partial charge in [-0.15, -0.1) is 0 Å². The lowest BCUT2D eigenvalue weighted by molar-refractivity contribution is -0.679. The summed E-state index contributed by atoms with van der Waals surface area (Å²) in [5.41, 5.74) is 1.44. The lowest BCUT2D eigenvalue weighted by Crippen LogP contribution is -2.32. The van der Waals surface area contributed by atoms with E-state index >= 15 is 0 Å². The zero-order valence-corrected chi connectivity index (χ0v) is 8.09. The average Bonchev–Trinajstić information content (AvgIpc) is 2.09. The number of hydrogen-bond acceptors (Lipinski definition) is 0. The summed E-state index contributed by atoms with van der Waals surface area (Å²) in [5.74, 6) is 0. The Bertz CT molecular complexity index is 230. The molecule has 0 aromatic carbocycles. The van der Waals surface area contributed by atoms with Gasteiger partial charge in [-0.05, 0) is 6.42 Å². The SMILES string of the molecule is CCCCCc1cccc[n+]1C. The highest BCUT2D eigenvalue weighted by Crippen LogP contribution is 2.01. The molecule has 0 aliphatic carbocycles. The van der Waals surface area contributed by atoms with Crippen molar-refractivity contribution < 1.29 is 4.57 Å². The van der Waals surface area contributed by atoms with Crippen LogP contribution in [0.2, 0.25) is 0 Å². The van der Waals surface area contributed by atoms with E-state index in [-0.39, 0.29) is 0 Å². The molecule has 0 bridgehead atoms. The first-order chi connectivity index (χ1) is 5.84. The van der Waals surface area contributed by atoms with E-state index in [1.54, 1.807) is 0 Å². The normalized spacial score (nSPS) is 10.2. The lowest BCUT2D eigenvalue weighted by atomic mass is 10.1. The van der Waals surface area contributed by atoms with Crippen LogP contribution < -0.4 is 4.57 Å². The smallest absolute Gasteiger partial charge is 0.181 e. The fraction of sp³-hybridized carbons (Fsp3) is 0.545. The predicted octanol–water partition coefficient (Wildman–Crippen LogP) is 2.24. The van der Waals surface area contributed by atoms with E-state index in [1.165, 1.54) is 31.4 Å². The van der Waals surface area contributed by atoms with E-state index in [0.717, 1.165) is 0 Å². The van der Waals surface area contributed by atoms with Crippen LogP contribution in [0.25, 0.3) is 0 Å². The Labute approximate surface area is 75.1 Å². The molecule has 0 aliphatic heterocycles. The number of rotatable bonds is 4. The third-order valence-electron chi connectivity index (χ3n) is 2.20. The minimum absolute atomic E-state index is 1.21. The molecule has 0 atom stereocenters. The highest BCUT2D eigenvalue weighted by atomic mass is 14.9. The molecule has 0 amide bonds. The van der Waals surface area contributed by atoms with Crippen molar-refractivity contribution >= 4 is 0 Å². The summed E-state index contributed by atoms with van der Waals surface area (Å²) in [7, 11) is 2.11. The van der Waals surface area contributed by atoms with Crippen LogP contribution >= 0.6 is 0 Å². The largest absolute Gasteiger partial charge is 0.205 e. The summed E-state index contributed by atoms with van der Waals surface area (Å²) in [6.45, 7) is 2.24. The Kier molecular flexibility index (Phi) is 3.78. The molecule has 12 heavy (non-hydrogen) atoms. The molecule has 66 valence electrons. The first-order valence-electron chi connectivity index (χ1n) is 4.78. The van der Waals surface area contributed by atoms with Gasteiger partial charge in [0.2, 0.25) is 0 Å². The quantitative estimate of drug-likeness (QED) is 0.474. The first kappa shape index (κ1) is 9.24. The third-order valence-corrected chi connectivity index (χ3v) is 2.20. The van der Waals surface area contributed by atoms with Gasteiger partial charge < -0.3 is 0 Å². The predicted molar refractivity (Wildman–Crippen MR) is 50.8 cm³/mol. The lowest BCUT2D eigenvalue weighted by Gasteiger charge is -1.97. The summed E-state index contributed by atoms with van der Waals surface area (Å²) in [6, 6.07) is 6.39. The van der Waals surface area contributed by atoms with Crippen LogP contribution in [-0.2, 0) is 13.5 Å². The van der Waals surface area contributed by atoms with E-state index in [2.05, 4.69) is 42.9 Å². The van der Waals surface area contributed by atoms with E-state index in [9.17, 15) is 0 Å². The van der Waals surface area contributed by atoms with Gasteiger partial charge in [-0.1, -0.05) is 25.8 Å². The summed E-state index contributed by atoms with van der Waals surface area (Å²) in [4.78, 5) is 0. The Balaban J connectivity index is 2.46. The van der Waals surface area contributed by atoms with E-state index in [1.807, 2.05) is 0 Å². The molecule has 1 nitrogen and oxygen atoms in total. The second kappa shape index (κ2) is 4.91. The molecule has 1 aromatic rings. The monoisotopic (exact) mass is 164 g/mol. The van der Waals surface area contributed by atoms with Crippen molar-refractivity contribution in [1.29, 1.82) is 0 Å². The maximum atomic E-state index is 2.24. The maximum Gasteiger partial charge on any atom is 0.181 e. The molecule has 0 N–H and O–H groups in total. The molecule has 0 saturated heterocycles. The topological polar surface area (TPSA) is 3.88 Å². The molecular formula is C11H18N+. The van der Waals surface area contributed by atoms with Crippen LogP contribution in [0.3, 0.4) is 0 Å². The minimum Gasteiger partial charge on any atom is -0.205 e. The molecule has 0 saturated carbocycles. The highest BCUT2D eigenvalue weighted by molar-refractivity contribution is 4.96. The van der Waals surface area contributed by atoms with Crippen LogP contribution in [0.5, 0.6) is 0 Å². The standard InChI is InChI=1S/C11H18N/c1-3-4-5-8-11-9-6-7-10-12(11)2/h6-7,9-10H,3-5,8H2,1-2H3/q+1. The minimum atomic E-state index is 1.21. The highest BCUT2D eigenvalue weighted by Gasteiger charge is 2.02. The van der Waals surface area contributed by atoms with Gasteiger partial charge in [0.25, 0.3) is 0 Å². The van der Waals surface area contributed by atoms with Crippen molar-refractivity contribution in [3.8, 4) is 0 Å². The van der Waals surface area contributed by atoms with Crippen molar-refractivity contribution in [2.45, 2.75) is 32.6 Å². The Morgan fingerprint density at radius 1 is 1.25 bits per heavy atom. The van der Waals surface area contributed by atoms with Gasteiger partial charge in [0.15, 0.2) is 11.9 Å². The Hall–Kier alpha value is -0.850. The van der Waals surface area contributed by atoms with Crippen molar-refractivity contribution in [3.05, 3.63) is 30.1 Å². The second-order valence-electron chi connectivity index (χ2n) is 3.26. The number of unbranched alkanes of at least 4 members (excludes halogenated alkanes) is 2. The Morgan fingerprint density at radius 3 is 2.75 bits per heavy atom. The first-order valence-corrected chi connectivity index (χ1v) is 4.78. The summed E-state index contributed by atoms with van der Waals surface area (Å²) in [6.07, 6.45) is 7.28. The van der Waals surface area contributed by atoms with Crippen molar-refractivity contribution in [1.82, 2.24) is 0 Å². The maximum absolute atomic E-state index is 2.24. The molecule has 1 rings (SSSR count). The molecule has 1 heteroatoms. The third kappa shape index (κ3) is 2.65. The van der Waals surface area contributed by atoms with Crippen LogP contribution in [-0.4, -0.2) is 0 Å². The van der Waals surface area contributed by atoms with Crippen molar-refractivity contribution in [2.24, 2.45) is 7.05 Å². The summed E-state index contributed by atoms with van der Waals surface area (Å²) in [5, 5.41) is 0. The number of aryl methyl sites for hydroxylation is 2. The van der Waals surface area contributed by atoms with E-state index in [4.69, 9.17) is 0 Å². The number of nitrogens with zero attached hydrogens (tertiary/aromatic N) is 1. The van der Waals surface area contributed by atoms with Gasteiger partial charge in [0.1, 0.15) is 7.05 Å². The molecule has 0 unspecified atom stereocenters. The molecule has 0 spiro atoms. The number of pyridine rings is 1. The van der Waals surface area contributed by atoms with Gasteiger partial charge in [-0.25, -0.2) is 4.57 Å². The van der Waals surface area contributed by atoms with Gasteiger partial charge in [-0.3, -0.25) is 0 Å². The molecule has 0 radical (unpaired) electrons. The molecule has 1 heterocycles. The van der Waals surface area contributed by atoms with Gasteiger partial charge >= 0.3 is 0 Å². The van der Waals surface area contributed by atoms with Crippen LogP contribution in [0.15, 0.2) is 24.4 Å². The fourth-order valence-electron chi connectivity index (χ4n) is 1.37. The summed E-state index contributed by atoms with van der Waals surface area (Å²) >= 11 is 0. The molecule has 0 fully saturated rings. The molecule has 0 aliphatic rings. The fourth-order valence-corrected chi connectivity index (χ4v) is 1.37. The zero-order chi connectivity index (χ0) is 8.81. The average molecular weight is 164 g/mol. The second-order valence-corrected chi connectivity index (χ2v) is 3.26. The number of hydrogen-bond donors (Lipinski definition) is 0. The number of aromatic nitrogens is 1. The summed E-state index contributed by atoms with van der Waals surface area (Å²) < 4.78 is 2.20. The van der Waals surface area contributed by atoms with Gasteiger partial charge in [0.05, 0.1) is 0 Å².